The van der Waals surface area contributed by atoms with Crippen molar-refractivity contribution in [2.45, 2.75) is 6.92 Å². The van der Waals surface area contributed by atoms with E-state index in [9.17, 15) is 9.18 Å². The van der Waals surface area contributed by atoms with Crippen LogP contribution in [0.2, 0.25) is 0 Å². The summed E-state index contributed by atoms with van der Waals surface area (Å²) in [7, 11) is 1.52. The molecule has 28 heavy (non-hydrogen) atoms. The molecule has 0 fully saturated rings. The molecule has 1 aliphatic rings. The van der Waals surface area contributed by atoms with Gasteiger partial charge in [-0.25, -0.2) is 14.2 Å². The van der Waals surface area contributed by atoms with E-state index in [0.29, 0.717) is 33.7 Å². The maximum Gasteiger partial charge on any atom is 0.363 e. The third-order valence-corrected chi connectivity index (χ3v) is 4.30. The highest BCUT2D eigenvalue weighted by Gasteiger charge is 2.24. The monoisotopic (exact) mass is 445 g/mol. The van der Waals surface area contributed by atoms with Crippen molar-refractivity contribution < 1.29 is 23.4 Å². The van der Waals surface area contributed by atoms with Crippen molar-refractivity contribution in [1.29, 1.82) is 0 Å². The van der Waals surface area contributed by atoms with E-state index in [-0.39, 0.29) is 11.6 Å². The molecule has 0 aliphatic carbocycles. The normalized spacial score (nSPS) is 14.6. The van der Waals surface area contributed by atoms with Crippen LogP contribution in [0.3, 0.4) is 0 Å². The molecule has 0 unspecified atom stereocenters. The smallest absolute Gasteiger partial charge is 0.363 e. The van der Waals surface area contributed by atoms with Crippen LogP contribution in [0, 0.1) is 5.82 Å². The highest BCUT2D eigenvalue weighted by atomic mass is 79.9. The number of esters is 1. The number of carbonyl (C=O) groups excluding carboxylic acids is 1. The predicted octanol–water partition coefficient (Wildman–Crippen LogP) is 4.90. The van der Waals surface area contributed by atoms with Crippen LogP contribution in [0.5, 0.6) is 11.5 Å². The highest BCUT2D eigenvalue weighted by molar-refractivity contribution is 9.10. The van der Waals surface area contributed by atoms with Gasteiger partial charge in [0.05, 0.1) is 11.6 Å². The second-order valence-electron chi connectivity index (χ2n) is 6.13. The first kappa shape index (κ1) is 19.8. The topological polar surface area (TPSA) is 57.1 Å². The van der Waals surface area contributed by atoms with E-state index in [1.165, 1.54) is 25.3 Å². The van der Waals surface area contributed by atoms with Gasteiger partial charge in [0, 0.05) is 5.56 Å². The molecule has 5 nitrogen and oxygen atoms in total. The molecule has 0 saturated carbocycles. The second-order valence-corrected chi connectivity index (χ2v) is 6.98. The molecule has 0 aromatic heterocycles. The number of rotatable bonds is 6. The van der Waals surface area contributed by atoms with Crippen molar-refractivity contribution in [3.63, 3.8) is 0 Å². The molecule has 0 atom stereocenters. The zero-order valence-corrected chi connectivity index (χ0v) is 16.9. The Kier molecular flexibility index (Phi) is 5.94. The van der Waals surface area contributed by atoms with E-state index in [1.54, 1.807) is 24.3 Å². The van der Waals surface area contributed by atoms with Gasteiger partial charge in [-0.3, -0.25) is 0 Å². The molecule has 7 heteroatoms. The number of benzene rings is 2. The zero-order chi connectivity index (χ0) is 20.3. The van der Waals surface area contributed by atoms with Crippen LogP contribution in [0.1, 0.15) is 18.1 Å². The summed E-state index contributed by atoms with van der Waals surface area (Å²) < 4.78 is 30.3. The van der Waals surface area contributed by atoms with Gasteiger partial charge < -0.3 is 14.2 Å². The lowest BCUT2D eigenvalue weighted by atomic mass is 10.1. The number of methoxy groups -OCH3 is 1. The third-order valence-electron chi connectivity index (χ3n) is 3.71. The number of aliphatic imine (C=N–C) groups is 1. The quantitative estimate of drug-likeness (QED) is 0.360. The van der Waals surface area contributed by atoms with Crippen molar-refractivity contribution >= 4 is 33.9 Å². The average molecular weight is 446 g/mol. The Morgan fingerprint density at radius 3 is 2.82 bits per heavy atom. The molecule has 2 aromatic rings. The molecule has 144 valence electrons. The van der Waals surface area contributed by atoms with E-state index < -0.39 is 11.8 Å². The summed E-state index contributed by atoms with van der Waals surface area (Å²) >= 11 is 3.45. The first-order valence-electron chi connectivity index (χ1n) is 8.30. The summed E-state index contributed by atoms with van der Waals surface area (Å²) in [5.41, 5.74) is 2.01. The maximum atomic E-state index is 13.4. The molecule has 0 saturated heterocycles. The lowest BCUT2D eigenvalue weighted by Crippen LogP contribution is -2.05. The average Bonchev–Trinajstić information content (AvgIpc) is 3.01. The predicted molar refractivity (Wildman–Crippen MR) is 108 cm³/mol. The van der Waals surface area contributed by atoms with Gasteiger partial charge in [-0.1, -0.05) is 12.6 Å². The van der Waals surface area contributed by atoms with E-state index in [4.69, 9.17) is 14.2 Å². The Hall–Kier alpha value is -2.93. The minimum Gasteiger partial charge on any atom is -0.493 e. The summed E-state index contributed by atoms with van der Waals surface area (Å²) in [5.74, 6) is 0.0293. The second kappa shape index (κ2) is 8.39. The van der Waals surface area contributed by atoms with Crippen molar-refractivity contribution in [2.24, 2.45) is 4.99 Å². The molecule has 1 aliphatic heterocycles. The van der Waals surface area contributed by atoms with Crippen molar-refractivity contribution in [3.8, 4) is 11.5 Å². The molecule has 2 aromatic carbocycles. The summed E-state index contributed by atoms with van der Waals surface area (Å²) in [4.78, 5) is 16.3. The van der Waals surface area contributed by atoms with Gasteiger partial charge >= 0.3 is 5.97 Å². The number of hydrogen-bond donors (Lipinski definition) is 0. The fourth-order valence-corrected chi connectivity index (χ4v) is 3.04. The first-order chi connectivity index (χ1) is 13.4. The molecule has 1 heterocycles. The molecule has 0 amide bonds. The number of cyclic esters (lactones) is 1. The number of hydrogen-bond acceptors (Lipinski definition) is 5. The standard InChI is InChI=1S/C21H17BrFNO4/c1-12(2)11-27-19-16(22)7-13(9-18(19)26-3)8-17-21(25)28-20(24-17)14-5-4-6-15(23)10-14/h4-10H,1,11H2,2-3H3. The Labute approximate surface area is 170 Å². The molecule has 0 N–H and O–H groups in total. The number of halogens is 2. The highest BCUT2D eigenvalue weighted by Crippen LogP contribution is 2.37. The van der Waals surface area contributed by atoms with Gasteiger partial charge in [-0.15, -0.1) is 0 Å². The van der Waals surface area contributed by atoms with Gasteiger partial charge in [-0.2, -0.15) is 0 Å². The molecular formula is C21H17BrFNO4. The van der Waals surface area contributed by atoms with Crippen molar-refractivity contribution in [3.05, 3.63) is 75.7 Å². The molecule has 0 bridgehead atoms. The fourth-order valence-electron chi connectivity index (χ4n) is 2.47. The third kappa shape index (κ3) is 4.48. The van der Waals surface area contributed by atoms with Crippen LogP contribution < -0.4 is 9.47 Å². The molecule has 3 rings (SSSR count). The Morgan fingerprint density at radius 1 is 1.36 bits per heavy atom. The van der Waals surface area contributed by atoms with Crippen LogP contribution in [0.25, 0.3) is 6.08 Å². The van der Waals surface area contributed by atoms with Crippen LogP contribution in [0.15, 0.2) is 63.7 Å². The molecular weight excluding hydrogens is 429 g/mol. The first-order valence-corrected chi connectivity index (χ1v) is 9.10. The Bertz CT molecular complexity index is 1010. The van der Waals surface area contributed by atoms with Crippen LogP contribution >= 0.6 is 15.9 Å². The van der Waals surface area contributed by atoms with Gasteiger partial charge in [0.2, 0.25) is 5.90 Å². The van der Waals surface area contributed by atoms with Gasteiger partial charge in [-0.05, 0) is 70.4 Å². The number of nitrogens with zero attached hydrogens (tertiary/aromatic N) is 1. The molecule has 0 spiro atoms. The van der Waals surface area contributed by atoms with Crippen molar-refractivity contribution in [2.75, 3.05) is 13.7 Å². The fraction of sp³-hybridized carbons (Fsp3) is 0.143. The van der Waals surface area contributed by atoms with Crippen LogP contribution in [-0.2, 0) is 9.53 Å². The summed E-state index contributed by atoms with van der Waals surface area (Å²) in [5, 5.41) is 0. The SMILES string of the molecule is C=C(C)COc1c(Br)cc(C=C2N=C(c3cccc(F)c3)OC2=O)cc1OC. The number of ether oxygens (including phenoxy) is 3. The largest absolute Gasteiger partial charge is 0.493 e. The maximum absolute atomic E-state index is 13.4. The van der Waals surface area contributed by atoms with Crippen LogP contribution in [-0.4, -0.2) is 25.6 Å². The molecule has 0 radical (unpaired) electrons. The van der Waals surface area contributed by atoms with E-state index >= 15 is 0 Å². The van der Waals surface area contributed by atoms with Crippen LogP contribution in [0.4, 0.5) is 4.39 Å². The van der Waals surface area contributed by atoms with Gasteiger partial charge in [0.15, 0.2) is 17.2 Å². The van der Waals surface area contributed by atoms with Crippen molar-refractivity contribution in [1.82, 2.24) is 0 Å². The van der Waals surface area contributed by atoms with Gasteiger partial charge in [0.1, 0.15) is 12.4 Å². The summed E-state index contributed by atoms with van der Waals surface area (Å²) in [6, 6.07) is 9.18. The Morgan fingerprint density at radius 2 is 2.14 bits per heavy atom. The lowest BCUT2D eigenvalue weighted by molar-refractivity contribution is -0.129. The summed E-state index contributed by atoms with van der Waals surface area (Å²) in [6.45, 7) is 6.02. The minimum atomic E-state index is -0.614. The number of carbonyl (C=O) groups is 1. The Balaban J connectivity index is 1.93. The summed E-state index contributed by atoms with van der Waals surface area (Å²) in [6.07, 6.45) is 1.56. The van der Waals surface area contributed by atoms with E-state index in [2.05, 4.69) is 27.5 Å². The van der Waals surface area contributed by atoms with E-state index in [0.717, 1.165) is 5.57 Å². The van der Waals surface area contributed by atoms with Gasteiger partial charge in [0.25, 0.3) is 0 Å². The zero-order valence-electron chi connectivity index (χ0n) is 15.3. The lowest BCUT2D eigenvalue weighted by Gasteiger charge is -2.13. The minimum absolute atomic E-state index is 0.0585. The van der Waals surface area contributed by atoms with E-state index in [1.807, 2.05) is 6.92 Å².